The third-order valence-corrected chi connectivity index (χ3v) is 8.63. The normalized spacial score (nSPS) is 19.2. The van der Waals surface area contributed by atoms with Gasteiger partial charge in [0.2, 0.25) is 22.1 Å². The number of likely N-dealkylation sites (N-methyl/N-ethyl adjacent to an activating group) is 1. The SMILES string of the molecule is CCNC1C(c2ccc(CN3C(=O)[C@H](NC(=O)CC(C)(C)NC[C@H](O)CO)CCc4ccccc43)cc2)=CC=CC1=S(=O)=O. The molecule has 10 nitrogen and oxygen atoms in total. The predicted molar refractivity (Wildman–Crippen MR) is 173 cm³/mol. The molecule has 2 amide bonds. The Morgan fingerprint density at radius 2 is 1.86 bits per heavy atom. The summed E-state index contributed by atoms with van der Waals surface area (Å²) in [6, 6.07) is 14.4. The first-order valence-corrected chi connectivity index (χ1v) is 16.0. The first-order chi connectivity index (χ1) is 21.0. The van der Waals surface area contributed by atoms with Gasteiger partial charge in [0.05, 0.1) is 30.2 Å². The van der Waals surface area contributed by atoms with Crippen LogP contribution in [0.1, 0.15) is 50.3 Å². The number of anilines is 1. The maximum Gasteiger partial charge on any atom is 0.249 e. The lowest BCUT2D eigenvalue weighted by Gasteiger charge is -2.29. The smallest absolute Gasteiger partial charge is 0.249 e. The zero-order valence-electron chi connectivity index (χ0n) is 25.4. The Morgan fingerprint density at radius 3 is 2.55 bits per heavy atom. The maximum atomic E-state index is 13.9. The molecule has 1 aliphatic heterocycles. The topological polar surface area (TPSA) is 148 Å². The highest BCUT2D eigenvalue weighted by Crippen LogP contribution is 2.30. The molecule has 0 saturated carbocycles. The molecule has 236 valence electrons. The van der Waals surface area contributed by atoms with Crippen molar-refractivity contribution in [2.45, 2.75) is 70.3 Å². The van der Waals surface area contributed by atoms with Crippen LogP contribution >= 0.6 is 0 Å². The third kappa shape index (κ3) is 8.30. The van der Waals surface area contributed by atoms with Crippen LogP contribution in [-0.4, -0.2) is 78.7 Å². The number of allylic oxidation sites excluding steroid dienone is 2. The summed E-state index contributed by atoms with van der Waals surface area (Å²) in [4.78, 5) is 29.0. The second-order valence-electron chi connectivity index (χ2n) is 11.8. The summed E-state index contributed by atoms with van der Waals surface area (Å²) >= 11 is 0. The lowest BCUT2D eigenvalue weighted by molar-refractivity contribution is -0.128. The van der Waals surface area contributed by atoms with Crippen molar-refractivity contribution in [1.29, 1.82) is 0 Å². The number of hydrogen-bond acceptors (Lipinski definition) is 8. The van der Waals surface area contributed by atoms with Crippen LogP contribution < -0.4 is 20.9 Å². The van der Waals surface area contributed by atoms with E-state index >= 15 is 0 Å². The number of carbonyl (C=O) groups excluding carboxylic acids is 2. The lowest BCUT2D eigenvalue weighted by atomic mass is 9.91. The Labute approximate surface area is 260 Å². The van der Waals surface area contributed by atoms with E-state index in [-0.39, 0.29) is 36.3 Å². The fourth-order valence-electron chi connectivity index (χ4n) is 5.59. The molecule has 0 spiro atoms. The van der Waals surface area contributed by atoms with Gasteiger partial charge in [-0.3, -0.25) is 9.59 Å². The molecule has 5 N–H and O–H groups in total. The molecule has 0 bridgehead atoms. The lowest BCUT2D eigenvalue weighted by Crippen LogP contribution is -2.51. The van der Waals surface area contributed by atoms with Gasteiger partial charge in [0.1, 0.15) is 6.04 Å². The largest absolute Gasteiger partial charge is 0.394 e. The van der Waals surface area contributed by atoms with Gasteiger partial charge in [-0.2, -0.15) is 8.42 Å². The molecule has 2 aliphatic rings. The van der Waals surface area contributed by atoms with E-state index in [4.69, 9.17) is 5.11 Å². The average Bonchev–Trinajstić information content (AvgIpc) is 3.12. The highest BCUT2D eigenvalue weighted by molar-refractivity contribution is 7.73. The quantitative estimate of drug-likeness (QED) is 0.225. The molecule has 44 heavy (non-hydrogen) atoms. The van der Waals surface area contributed by atoms with E-state index in [1.807, 2.05) is 75.4 Å². The molecule has 0 fully saturated rings. The Kier molecular flexibility index (Phi) is 11.3. The zero-order chi connectivity index (χ0) is 31.9. The van der Waals surface area contributed by atoms with E-state index in [9.17, 15) is 23.1 Å². The van der Waals surface area contributed by atoms with E-state index in [0.29, 0.717) is 25.9 Å². The number of aliphatic hydroxyl groups is 2. The Hall–Kier alpha value is -3.61. The minimum atomic E-state index is -2.35. The summed E-state index contributed by atoms with van der Waals surface area (Å²) in [6.07, 6.45) is 5.49. The molecule has 3 atom stereocenters. The molecule has 0 radical (unpaired) electrons. The van der Waals surface area contributed by atoms with Gasteiger partial charge in [0, 0.05) is 24.2 Å². The van der Waals surface area contributed by atoms with Crippen molar-refractivity contribution in [2.24, 2.45) is 0 Å². The van der Waals surface area contributed by atoms with Gasteiger partial charge in [-0.05, 0) is 67.6 Å². The standard InChI is InChI=1S/C33H42N4O6S/c1-4-34-31-26(9-7-11-29(31)44(42)43)23-14-12-22(13-15-23)20-37-28-10-6-5-8-24(28)16-17-27(32(37)41)36-30(40)18-33(2,3)35-19-25(39)21-38/h5-15,25,27,31,34-35,38-39H,4,16-21H2,1-3H3,(H,36,40)/t25-,27+,31?/m0/s1. The third-order valence-electron chi connectivity index (χ3n) is 7.87. The summed E-state index contributed by atoms with van der Waals surface area (Å²) in [5.74, 6) is -0.479. The van der Waals surface area contributed by atoms with Gasteiger partial charge in [-0.25, -0.2) is 0 Å². The fourth-order valence-corrected chi connectivity index (χ4v) is 6.18. The van der Waals surface area contributed by atoms with Crippen molar-refractivity contribution in [1.82, 2.24) is 16.0 Å². The Balaban J connectivity index is 1.52. The number of fused-ring (bicyclic) bond motifs is 1. The predicted octanol–water partition coefficient (Wildman–Crippen LogP) is 1.75. The van der Waals surface area contributed by atoms with Crippen LogP contribution in [0, 0.1) is 0 Å². The number of rotatable bonds is 12. The van der Waals surface area contributed by atoms with Gasteiger partial charge < -0.3 is 31.1 Å². The minimum absolute atomic E-state index is 0.0847. The van der Waals surface area contributed by atoms with Crippen molar-refractivity contribution in [2.75, 3.05) is 24.6 Å². The summed E-state index contributed by atoms with van der Waals surface area (Å²) in [5, 5.41) is 28.0. The molecule has 4 rings (SSSR count). The number of β-amino-alcohol motifs (C(OH)–C–C–N with tert-alkyl or cyclic N) is 1. The van der Waals surface area contributed by atoms with Gasteiger partial charge >= 0.3 is 0 Å². The highest BCUT2D eigenvalue weighted by Gasteiger charge is 2.33. The second-order valence-corrected chi connectivity index (χ2v) is 12.7. The number of nitrogens with one attached hydrogen (secondary N) is 3. The van der Waals surface area contributed by atoms with Crippen LogP contribution in [0.5, 0.6) is 0 Å². The monoisotopic (exact) mass is 622 g/mol. The van der Waals surface area contributed by atoms with Crippen molar-refractivity contribution in [3.8, 4) is 0 Å². The van der Waals surface area contributed by atoms with Crippen LogP contribution in [0.15, 0.2) is 66.8 Å². The van der Waals surface area contributed by atoms with E-state index in [1.165, 1.54) is 0 Å². The molecular weight excluding hydrogens is 580 g/mol. The van der Waals surface area contributed by atoms with Crippen LogP contribution in [0.4, 0.5) is 5.69 Å². The Bertz CT molecular complexity index is 1540. The van der Waals surface area contributed by atoms with E-state index in [1.54, 1.807) is 17.1 Å². The van der Waals surface area contributed by atoms with Crippen LogP contribution in [-0.2, 0) is 32.8 Å². The van der Waals surface area contributed by atoms with E-state index in [0.717, 1.165) is 28.0 Å². The zero-order valence-corrected chi connectivity index (χ0v) is 26.2. The molecule has 0 saturated heterocycles. The van der Waals surface area contributed by atoms with Crippen molar-refractivity contribution < 1.29 is 28.2 Å². The van der Waals surface area contributed by atoms with Crippen molar-refractivity contribution >= 4 is 38.2 Å². The van der Waals surface area contributed by atoms with Crippen LogP contribution in [0.25, 0.3) is 5.57 Å². The molecule has 1 aliphatic carbocycles. The number of aryl methyl sites for hydroxylation is 1. The van der Waals surface area contributed by atoms with Gasteiger partial charge in [0.25, 0.3) is 0 Å². The van der Waals surface area contributed by atoms with Gasteiger partial charge in [-0.15, -0.1) is 0 Å². The fraction of sp³-hybridized carbons (Fsp3) is 0.424. The van der Waals surface area contributed by atoms with E-state index < -0.39 is 34.0 Å². The highest BCUT2D eigenvalue weighted by atomic mass is 32.2. The number of carbonyl (C=O) groups is 2. The number of benzene rings is 2. The number of hydrogen-bond donors (Lipinski definition) is 5. The number of aliphatic hydroxyl groups excluding tert-OH is 2. The number of para-hydroxylation sites is 1. The van der Waals surface area contributed by atoms with Gasteiger partial charge in [-0.1, -0.05) is 61.5 Å². The second kappa shape index (κ2) is 14.9. The summed E-state index contributed by atoms with van der Waals surface area (Å²) in [6.45, 7) is 6.25. The minimum Gasteiger partial charge on any atom is -0.394 e. The molecule has 2 aromatic carbocycles. The molecule has 11 heteroatoms. The van der Waals surface area contributed by atoms with Crippen molar-refractivity contribution in [3.05, 3.63) is 83.4 Å². The van der Waals surface area contributed by atoms with Crippen LogP contribution in [0.3, 0.4) is 0 Å². The summed E-state index contributed by atoms with van der Waals surface area (Å²) < 4.78 is 23.7. The molecule has 2 aromatic rings. The van der Waals surface area contributed by atoms with Gasteiger partial charge in [0.15, 0.2) is 0 Å². The molecule has 1 unspecified atom stereocenters. The molecule has 0 aromatic heterocycles. The molecule has 1 heterocycles. The average molecular weight is 623 g/mol. The van der Waals surface area contributed by atoms with E-state index in [2.05, 4.69) is 16.0 Å². The maximum absolute atomic E-state index is 13.9. The van der Waals surface area contributed by atoms with Crippen LogP contribution in [0.2, 0.25) is 0 Å². The molecular formula is C33H42N4O6S. The first kappa shape index (κ1) is 33.3. The Morgan fingerprint density at radius 1 is 1.14 bits per heavy atom. The number of nitrogens with zero attached hydrogens (tertiary/aromatic N) is 1. The summed E-state index contributed by atoms with van der Waals surface area (Å²) in [7, 11) is -2.35. The first-order valence-electron chi connectivity index (χ1n) is 14.9. The summed E-state index contributed by atoms with van der Waals surface area (Å²) in [5.41, 5.74) is 3.79. The van der Waals surface area contributed by atoms with Crippen molar-refractivity contribution in [3.63, 3.8) is 0 Å². The number of amides is 2.